The monoisotopic (exact) mass is 288 g/mol. The Balaban J connectivity index is 1.93. The van der Waals surface area contributed by atoms with Crippen molar-refractivity contribution in [3.63, 3.8) is 0 Å². The van der Waals surface area contributed by atoms with Crippen LogP contribution in [-0.4, -0.2) is 12.5 Å². The summed E-state index contributed by atoms with van der Waals surface area (Å²) in [4.78, 5) is 12.1. The van der Waals surface area contributed by atoms with Crippen molar-refractivity contribution in [1.29, 1.82) is 0 Å². The number of benzene rings is 1. The number of aryl methyl sites for hydroxylation is 1. The van der Waals surface area contributed by atoms with Crippen molar-refractivity contribution in [2.45, 2.75) is 51.6 Å². The Morgan fingerprint density at radius 3 is 2.81 bits per heavy atom. The van der Waals surface area contributed by atoms with Gasteiger partial charge in [-0.05, 0) is 43.4 Å². The molecule has 0 saturated heterocycles. The molecule has 0 aromatic heterocycles. The van der Waals surface area contributed by atoms with Gasteiger partial charge in [0.05, 0.1) is 12.6 Å². The zero-order chi connectivity index (χ0) is 15.0. The predicted octanol–water partition coefficient (Wildman–Crippen LogP) is 2.62. The second-order valence-electron chi connectivity index (χ2n) is 6.21. The minimum atomic E-state index is -0.0117. The van der Waals surface area contributed by atoms with E-state index in [4.69, 9.17) is 10.5 Å². The molecule has 4 heteroatoms. The zero-order valence-electron chi connectivity index (χ0n) is 12.8. The van der Waals surface area contributed by atoms with E-state index in [-0.39, 0.29) is 23.9 Å². The lowest BCUT2D eigenvalue weighted by Crippen LogP contribution is -2.33. The van der Waals surface area contributed by atoms with Gasteiger partial charge in [-0.1, -0.05) is 13.0 Å². The molecular formula is C17H24N2O2. The van der Waals surface area contributed by atoms with E-state index in [0.29, 0.717) is 6.61 Å². The summed E-state index contributed by atoms with van der Waals surface area (Å²) in [6, 6.07) is 4.29. The first-order chi connectivity index (χ1) is 10.1. The first-order valence-electron chi connectivity index (χ1n) is 7.95. The van der Waals surface area contributed by atoms with E-state index in [1.807, 2.05) is 6.92 Å². The molecule has 3 rings (SSSR count). The van der Waals surface area contributed by atoms with Crippen LogP contribution in [0.3, 0.4) is 0 Å². The highest BCUT2D eigenvalue weighted by Crippen LogP contribution is 2.38. The molecule has 1 amide bonds. The Hall–Kier alpha value is -1.55. The number of rotatable bonds is 4. The van der Waals surface area contributed by atoms with Crippen molar-refractivity contribution >= 4 is 5.91 Å². The maximum absolute atomic E-state index is 12.1. The Kier molecular flexibility index (Phi) is 3.89. The summed E-state index contributed by atoms with van der Waals surface area (Å²) >= 11 is 0. The lowest BCUT2D eigenvalue weighted by atomic mass is 9.92. The average Bonchev–Trinajstić information content (AvgIpc) is 3.31. The van der Waals surface area contributed by atoms with Crippen molar-refractivity contribution < 1.29 is 9.53 Å². The largest absolute Gasteiger partial charge is 0.493 e. The van der Waals surface area contributed by atoms with Gasteiger partial charge in [0.15, 0.2) is 0 Å². The summed E-state index contributed by atoms with van der Waals surface area (Å²) in [5, 5.41) is 3.19. The summed E-state index contributed by atoms with van der Waals surface area (Å²) in [7, 11) is 0. The van der Waals surface area contributed by atoms with Gasteiger partial charge in [0.25, 0.3) is 0 Å². The highest BCUT2D eigenvalue weighted by Gasteiger charge is 2.33. The van der Waals surface area contributed by atoms with Crippen LogP contribution in [0.2, 0.25) is 0 Å². The van der Waals surface area contributed by atoms with E-state index in [1.54, 1.807) is 0 Å². The van der Waals surface area contributed by atoms with E-state index in [0.717, 1.165) is 42.6 Å². The van der Waals surface area contributed by atoms with E-state index < -0.39 is 0 Å². The van der Waals surface area contributed by atoms with E-state index >= 15 is 0 Å². The zero-order valence-corrected chi connectivity index (χ0v) is 12.8. The minimum Gasteiger partial charge on any atom is -0.493 e. The third kappa shape index (κ3) is 2.91. The molecule has 0 radical (unpaired) electrons. The molecule has 0 spiro atoms. The second kappa shape index (κ2) is 5.68. The molecule has 1 fully saturated rings. The Labute approximate surface area is 126 Å². The third-order valence-corrected chi connectivity index (χ3v) is 4.42. The van der Waals surface area contributed by atoms with Crippen LogP contribution in [0.1, 0.15) is 61.9 Å². The molecule has 114 valence electrons. The van der Waals surface area contributed by atoms with Crippen LogP contribution in [0.25, 0.3) is 0 Å². The SMILES string of the molecule is CCc1cc(C(C)N)cc2c1OCCC2NC(=O)C1CC1. The fourth-order valence-electron chi connectivity index (χ4n) is 2.92. The summed E-state index contributed by atoms with van der Waals surface area (Å²) in [5.41, 5.74) is 9.44. The highest BCUT2D eigenvalue weighted by molar-refractivity contribution is 5.81. The second-order valence-corrected chi connectivity index (χ2v) is 6.21. The maximum Gasteiger partial charge on any atom is 0.223 e. The number of carbonyl (C=O) groups is 1. The van der Waals surface area contributed by atoms with Gasteiger partial charge in [-0.15, -0.1) is 0 Å². The Morgan fingerprint density at radius 1 is 1.43 bits per heavy atom. The lowest BCUT2D eigenvalue weighted by molar-refractivity contribution is -0.123. The van der Waals surface area contributed by atoms with Crippen LogP contribution < -0.4 is 15.8 Å². The highest BCUT2D eigenvalue weighted by atomic mass is 16.5. The molecule has 1 aromatic rings. The molecule has 2 unspecified atom stereocenters. The molecule has 2 atom stereocenters. The van der Waals surface area contributed by atoms with Gasteiger partial charge in [0.2, 0.25) is 5.91 Å². The van der Waals surface area contributed by atoms with Gasteiger partial charge in [0.1, 0.15) is 5.75 Å². The summed E-state index contributed by atoms with van der Waals surface area (Å²) in [6.45, 7) is 4.77. The molecule has 21 heavy (non-hydrogen) atoms. The molecule has 1 aliphatic carbocycles. The van der Waals surface area contributed by atoms with Gasteiger partial charge in [-0.3, -0.25) is 4.79 Å². The molecule has 1 aromatic carbocycles. The molecular weight excluding hydrogens is 264 g/mol. The summed E-state index contributed by atoms with van der Waals surface area (Å²) in [5.74, 6) is 1.38. The van der Waals surface area contributed by atoms with Gasteiger partial charge in [-0.25, -0.2) is 0 Å². The number of hydrogen-bond acceptors (Lipinski definition) is 3. The van der Waals surface area contributed by atoms with E-state index in [2.05, 4.69) is 24.4 Å². The fraction of sp³-hybridized carbons (Fsp3) is 0.588. The number of amides is 1. The van der Waals surface area contributed by atoms with Crippen molar-refractivity contribution in [2.24, 2.45) is 11.7 Å². The third-order valence-electron chi connectivity index (χ3n) is 4.42. The first kappa shape index (κ1) is 14.4. The number of carbonyl (C=O) groups excluding carboxylic acids is 1. The smallest absolute Gasteiger partial charge is 0.223 e. The minimum absolute atomic E-state index is 0.0117. The number of fused-ring (bicyclic) bond motifs is 1. The number of ether oxygens (including phenoxy) is 1. The average molecular weight is 288 g/mol. The molecule has 4 nitrogen and oxygen atoms in total. The van der Waals surface area contributed by atoms with Crippen LogP contribution in [0.5, 0.6) is 5.75 Å². The first-order valence-corrected chi connectivity index (χ1v) is 7.95. The topological polar surface area (TPSA) is 64.3 Å². The van der Waals surface area contributed by atoms with Crippen molar-refractivity contribution in [3.8, 4) is 5.75 Å². The van der Waals surface area contributed by atoms with E-state index in [9.17, 15) is 4.79 Å². The molecule has 0 bridgehead atoms. The van der Waals surface area contributed by atoms with Crippen molar-refractivity contribution in [3.05, 3.63) is 28.8 Å². The van der Waals surface area contributed by atoms with Crippen LogP contribution in [0, 0.1) is 5.92 Å². The van der Waals surface area contributed by atoms with Gasteiger partial charge >= 0.3 is 0 Å². The molecule has 1 saturated carbocycles. The van der Waals surface area contributed by atoms with Crippen molar-refractivity contribution in [2.75, 3.05) is 6.61 Å². The van der Waals surface area contributed by atoms with Crippen molar-refractivity contribution in [1.82, 2.24) is 5.32 Å². The quantitative estimate of drug-likeness (QED) is 0.895. The lowest BCUT2D eigenvalue weighted by Gasteiger charge is -2.29. The Bertz CT molecular complexity index is 550. The summed E-state index contributed by atoms with van der Waals surface area (Å²) in [6.07, 6.45) is 3.80. The van der Waals surface area contributed by atoms with Crippen LogP contribution in [0.15, 0.2) is 12.1 Å². The number of nitrogens with two attached hydrogens (primary N) is 1. The molecule has 1 heterocycles. The van der Waals surface area contributed by atoms with Crippen LogP contribution >= 0.6 is 0 Å². The van der Waals surface area contributed by atoms with Crippen LogP contribution in [-0.2, 0) is 11.2 Å². The standard InChI is InChI=1S/C17H24N2O2/c1-3-11-8-13(10(2)18)9-14-15(6-7-21-16(11)14)19-17(20)12-4-5-12/h8-10,12,15H,3-7,18H2,1-2H3,(H,19,20). The molecule has 2 aliphatic rings. The molecule has 3 N–H and O–H groups in total. The summed E-state index contributed by atoms with van der Waals surface area (Å²) < 4.78 is 5.88. The molecule has 1 aliphatic heterocycles. The van der Waals surface area contributed by atoms with E-state index in [1.165, 1.54) is 5.56 Å². The Morgan fingerprint density at radius 2 is 2.19 bits per heavy atom. The van der Waals surface area contributed by atoms with Crippen LogP contribution in [0.4, 0.5) is 0 Å². The van der Waals surface area contributed by atoms with Gasteiger partial charge in [0, 0.05) is 23.9 Å². The number of nitrogens with one attached hydrogen (secondary N) is 1. The fourth-order valence-corrected chi connectivity index (χ4v) is 2.92. The van der Waals surface area contributed by atoms with Gasteiger partial charge < -0.3 is 15.8 Å². The normalized spacial score (nSPS) is 22.1. The maximum atomic E-state index is 12.1. The predicted molar refractivity (Wildman–Crippen MR) is 82.1 cm³/mol. The van der Waals surface area contributed by atoms with Gasteiger partial charge in [-0.2, -0.15) is 0 Å². The number of hydrogen-bond donors (Lipinski definition) is 2.